The highest BCUT2D eigenvalue weighted by Gasteiger charge is 1.97. The third kappa shape index (κ3) is 2.54. The molecule has 0 radical (unpaired) electrons. The number of para-hydroxylation sites is 1. The van der Waals surface area contributed by atoms with Crippen molar-refractivity contribution in [1.82, 2.24) is 4.98 Å². The number of pyridine rings is 1. The van der Waals surface area contributed by atoms with E-state index < -0.39 is 0 Å². The Kier molecular flexibility index (Phi) is 3.46. The van der Waals surface area contributed by atoms with Crippen LogP contribution in [0.25, 0.3) is 23.1 Å². The van der Waals surface area contributed by atoms with E-state index in [0.29, 0.717) is 0 Å². The van der Waals surface area contributed by atoms with Crippen LogP contribution in [0.15, 0.2) is 60.8 Å². The Balaban J connectivity index is 1.93. The summed E-state index contributed by atoms with van der Waals surface area (Å²) in [6.45, 7) is 0. The van der Waals surface area contributed by atoms with Gasteiger partial charge in [0.2, 0.25) is 0 Å². The highest BCUT2D eigenvalue weighted by Crippen LogP contribution is 2.19. The molecule has 3 aromatic rings. The summed E-state index contributed by atoms with van der Waals surface area (Å²) in [5, 5.41) is 1.17. The predicted octanol–water partition coefficient (Wildman–Crippen LogP) is 4.41. The Labute approximate surface area is 118 Å². The molecule has 1 heterocycles. The molecule has 0 fully saturated rings. The first-order valence-electron chi connectivity index (χ1n) is 6.53. The van der Waals surface area contributed by atoms with Gasteiger partial charge in [0.15, 0.2) is 0 Å². The van der Waals surface area contributed by atoms with Crippen molar-refractivity contribution in [1.29, 1.82) is 0 Å². The number of methoxy groups -OCH3 is 1. The fourth-order valence-electron chi connectivity index (χ4n) is 2.16. The maximum absolute atomic E-state index is 5.16. The molecule has 98 valence electrons. The molecule has 0 amide bonds. The summed E-state index contributed by atoms with van der Waals surface area (Å²) in [4.78, 5) is 4.37. The highest BCUT2D eigenvalue weighted by atomic mass is 16.5. The van der Waals surface area contributed by atoms with Crippen LogP contribution >= 0.6 is 0 Å². The topological polar surface area (TPSA) is 22.1 Å². The van der Waals surface area contributed by atoms with Crippen LogP contribution < -0.4 is 4.74 Å². The summed E-state index contributed by atoms with van der Waals surface area (Å²) >= 11 is 0. The molecular formula is C18H15NO. The number of hydrogen-bond acceptors (Lipinski definition) is 2. The predicted molar refractivity (Wildman–Crippen MR) is 83.7 cm³/mol. The minimum absolute atomic E-state index is 0.872. The molecule has 2 nitrogen and oxygen atoms in total. The molecule has 1 aromatic heterocycles. The van der Waals surface area contributed by atoms with E-state index in [9.17, 15) is 0 Å². The quantitative estimate of drug-likeness (QED) is 0.696. The van der Waals surface area contributed by atoms with E-state index in [1.807, 2.05) is 54.7 Å². The average Bonchev–Trinajstić information content (AvgIpc) is 2.53. The lowest BCUT2D eigenvalue weighted by Crippen LogP contribution is -1.82. The first kappa shape index (κ1) is 12.4. The number of aromatic nitrogens is 1. The van der Waals surface area contributed by atoms with Gasteiger partial charge >= 0.3 is 0 Å². The zero-order chi connectivity index (χ0) is 13.8. The minimum Gasteiger partial charge on any atom is -0.497 e. The van der Waals surface area contributed by atoms with Crippen molar-refractivity contribution in [2.45, 2.75) is 0 Å². The third-order valence-corrected chi connectivity index (χ3v) is 3.25. The van der Waals surface area contributed by atoms with Gasteiger partial charge in [-0.1, -0.05) is 42.5 Å². The van der Waals surface area contributed by atoms with Gasteiger partial charge in [-0.2, -0.15) is 0 Å². The molecule has 0 aliphatic rings. The van der Waals surface area contributed by atoms with Crippen LogP contribution in [0, 0.1) is 0 Å². The molecule has 0 aliphatic heterocycles. The largest absolute Gasteiger partial charge is 0.497 e. The van der Waals surface area contributed by atoms with Crippen LogP contribution in [0.2, 0.25) is 0 Å². The van der Waals surface area contributed by atoms with Crippen molar-refractivity contribution in [2.75, 3.05) is 7.11 Å². The molecule has 0 bridgehead atoms. The zero-order valence-corrected chi connectivity index (χ0v) is 11.3. The van der Waals surface area contributed by atoms with Crippen LogP contribution in [-0.2, 0) is 0 Å². The molecule has 0 aliphatic carbocycles. The summed E-state index contributed by atoms with van der Waals surface area (Å²) < 4.78 is 5.16. The van der Waals surface area contributed by atoms with E-state index in [1.54, 1.807) is 7.11 Å². The second kappa shape index (κ2) is 5.57. The van der Waals surface area contributed by atoms with E-state index in [-0.39, 0.29) is 0 Å². The van der Waals surface area contributed by atoms with Gasteiger partial charge in [-0.05, 0) is 35.4 Å². The van der Waals surface area contributed by atoms with Crippen molar-refractivity contribution < 1.29 is 4.74 Å². The minimum atomic E-state index is 0.872. The molecule has 0 saturated carbocycles. The van der Waals surface area contributed by atoms with Crippen LogP contribution in [-0.4, -0.2) is 12.1 Å². The molecule has 0 atom stereocenters. The average molecular weight is 261 g/mol. The Morgan fingerprint density at radius 1 is 0.900 bits per heavy atom. The van der Waals surface area contributed by atoms with Crippen molar-refractivity contribution in [3.05, 3.63) is 71.9 Å². The molecule has 0 saturated heterocycles. The normalized spacial score (nSPS) is 11.1. The van der Waals surface area contributed by atoms with Crippen LogP contribution in [0.3, 0.4) is 0 Å². The third-order valence-electron chi connectivity index (χ3n) is 3.25. The molecule has 0 N–H and O–H groups in total. The van der Waals surface area contributed by atoms with Gasteiger partial charge in [0.1, 0.15) is 5.75 Å². The molecule has 2 aromatic carbocycles. The van der Waals surface area contributed by atoms with Gasteiger partial charge in [-0.15, -0.1) is 0 Å². The van der Waals surface area contributed by atoms with E-state index in [2.05, 4.69) is 23.2 Å². The first-order valence-corrected chi connectivity index (χ1v) is 6.53. The Bertz CT molecular complexity index is 739. The standard InChI is InChI=1S/C18H15NO/c1-20-16-10-7-14(8-11-16)6-9-15-12-13-19-18-5-3-2-4-17(15)18/h2-13H,1H3/b9-6-. The van der Waals surface area contributed by atoms with Crippen LogP contribution in [0.5, 0.6) is 5.75 Å². The van der Waals surface area contributed by atoms with Gasteiger partial charge in [-0.3, -0.25) is 4.98 Å². The lowest BCUT2D eigenvalue weighted by atomic mass is 10.1. The maximum Gasteiger partial charge on any atom is 0.118 e. The number of nitrogens with zero attached hydrogens (tertiary/aromatic N) is 1. The summed E-state index contributed by atoms with van der Waals surface area (Å²) in [5.74, 6) is 0.872. The summed E-state index contributed by atoms with van der Waals surface area (Å²) in [5.41, 5.74) is 3.34. The van der Waals surface area contributed by atoms with Gasteiger partial charge in [0.25, 0.3) is 0 Å². The van der Waals surface area contributed by atoms with Crippen molar-refractivity contribution in [2.24, 2.45) is 0 Å². The molecule has 3 rings (SSSR count). The van der Waals surface area contributed by atoms with E-state index in [0.717, 1.165) is 16.8 Å². The molecule has 0 spiro atoms. The van der Waals surface area contributed by atoms with Gasteiger partial charge in [-0.25, -0.2) is 0 Å². The highest BCUT2D eigenvalue weighted by molar-refractivity contribution is 5.90. The Morgan fingerprint density at radius 2 is 1.70 bits per heavy atom. The van der Waals surface area contributed by atoms with Gasteiger partial charge in [0.05, 0.1) is 12.6 Å². The second-order valence-corrected chi connectivity index (χ2v) is 4.52. The smallest absolute Gasteiger partial charge is 0.118 e. The van der Waals surface area contributed by atoms with Crippen LogP contribution in [0.1, 0.15) is 11.1 Å². The number of hydrogen-bond donors (Lipinski definition) is 0. The first-order chi connectivity index (χ1) is 9.86. The zero-order valence-electron chi connectivity index (χ0n) is 11.3. The van der Waals surface area contributed by atoms with Crippen molar-refractivity contribution in [3.8, 4) is 5.75 Å². The SMILES string of the molecule is COc1ccc(/C=C\c2ccnc3ccccc23)cc1. The fourth-order valence-corrected chi connectivity index (χ4v) is 2.16. The summed E-state index contributed by atoms with van der Waals surface area (Å²) in [6.07, 6.45) is 6.06. The molecule has 20 heavy (non-hydrogen) atoms. The van der Waals surface area contributed by atoms with Gasteiger partial charge < -0.3 is 4.74 Å². The Morgan fingerprint density at radius 3 is 2.50 bits per heavy atom. The lowest BCUT2D eigenvalue weighted by molar-refractivity contribution is 0.415. The molecular weight excluding hydrogens is 246 g/mol. The fraction of sp³-hybridized carbons (Fsp3) is 0.0556. The Hall–Kier alpha value is -2.61. The number of rotatable bonds is 3. The van der Waals surface area contributed by atoms with Crippen LogP contribution in [0.4, 0.5) is 0 Å². The van der Waals surface area contributed by atoms with Crippen molar-refractivity contribution in [3.63, 3.8) is 0 Å². The summed E-state index contributed by atoms with van der Waals surface area (Å²) in [6, 6.07) is 18.2. The maximum atomic E-state index is 5.16. The van der Waals surface area contributed by atoms with E-state index in [1.165, 1.54) is 10.9 Å². The monoisotopic (exact) mass is 261 g/mol. The number of benzene rings is 2. The number of fused-ring (bicyclic) bond motifs is 1. The van der Waals surface area contributed by atoms with E-state index in [4.69, 9.17) is 4.74 Å². The number of ether oxygens (including phenoxy) is 1. The summed E-state index contributed by atoms with van der Waals surface area (Å²) in [7, 11) is 1.67. The second-order valence-electron chi connectivity index (χ2n) is 4.52. The lowest BCUT2D eigenvalue weighted by Gasteiger charge is -2.01. The van der Waals surface area contributed by atoms with E-state index >= 15 is 0 Å². The molecule has 0 unspecified atom stereocenters. The molecule has 2 heteroatoms. The van der Waals surface area contributed by atoms with Gasteiger partial charge in [0, 0.05) is 11.6 Å². The van der Waals surface area contributed by atoms with Crippen molar-refractivity contribution >= 4 is 23.1 Å².